The van der Waals surface area contributed by atoms with Crippen LogP contribution in [-0.2, 0) is 39.6 Å². The highest BCUT2D eigenvalue weighted by molar-refractivity contribution is 6.90. The largest absolute Gasteiger partial charge is 0.469 e. The molecule has 0 amide bonds. The first-order valence-corrected chi connectivity index (χ1v) is 39.1. The van der Waals surface area contributed by atoms with E-state index in [9.17, 15) is 9.59 Å². The average molecular weight is 814 g/mol. The lowest BCUT2D eigenvalue weighted by Gasteiger charge is -2.42. The van der Waals surface area contributed by atoms with Gasteiger partial charge in [-0.05, 0) is 137 Å². The van der Waals surface area contributed by atoms with Crippen molar-refractivity contribution in [1.82, 2.24) is 0 Å². The van der Waals surface area contributed by atoms with Crippen LogP contribution >= 0.6 is 0 Å². The van der Waals surface area contributed by atoms with Crippen LogP contribution in [0.1, 0.15) is 46.5 Å². The molecular formula is C33H76O9Si7. The zero-order valence-corrected chi connectivity index (χ0v) is 42.0. The number of esters is 2. The normalized spacial score (nSPS) is 13.3. The van der Waals surface area contributed by atoms with E-state index >= 15 is 0 Å². The van der Waals surface area contributed by atoms with Gasteiger partial charge in [-0.2, -0.15) is 0 Å². The van der Waals surface area contributed by atoms with Crippen molar-refractivity contribution in [2.24, 2.45) is 0 Å². The summed E-state index contributed by atoms with van der Waals surface area (Å²) in [5, 5.41) is 0. The predicted molar refractivity (Wildman–Crippen MR) is 224 cm³/mol. The molecule has 0 saturated carbocycles. The average Bonchev–Trinajstić information content (AvgIpc) is 2.83. The first kappa shape index (κ1) is 50.8. The van der Waals surface area contributed by atoms with Crippen LogP contribution in [-0.4, -0.2) is 84.1 Å². The number of unbranched alkanes of at least 4 members (excludes halogenated alkanes) is 1. The standard InChI is InChI=1S/C17H38O4Si3.C16H38O5Si4/c1-10-11-14-22(4,5)20-24(8,9)21-23(6,7)15-12-13-19-17(18)16(2)3;1-15(2)16(17)18-13-12-14-25(19-22(3,4)5,20-23(6,7)8)21-24(9,10)11/h2,10-15H2,1,3-9H3;1,12-14H2,2-11H3. The van der Waals surface area contributed by atoms with E-state index < -0.39 is 59.0 Å². The maximum atomic E-state index is 11.6. The third-order valence-corrected chi connectivity index (χ3v) is 29.8. The van der Waals surface area contributed by atoms with Gasteiger partial charge in [0, 0.05) is 17.2 Å². The Balaban J connectivity index is 0. The third kappa shape index (κ3) is 28.9. The van der Waals surface area contributed by atoms with Crippen LogP contribution in [0.2, 0.25) is 116 Å². The Labute approximate surface area is 309 Å². The quantitative estimate of drug-likeness (QED) is 0.0432. The van der Waals surface area contributed by atoms with Crippen molar-refractivity contribution in [2.45, 2.75) is 163 Å². The summed E-state index contributed by atoms with van der Waals surface area (Å²) >= 11 is 0. The van der Waals surface area contributed by atoms with E-state index in [4.69, 9.17) is 30.0 Å². The summed E-state index contributed by atoms with van der Waals surface area (Å²) in [5.74, 6) is -0.660. The zero-order chi connectivity index (χ0) is 39.1. The molecule has 16 heteroatoms. The Bertz CT molecular complexity index is 1000. The summed E-state index contributed by atoms with van der Waals surface area (Å²) in [7, 11) is -14.0. The molecule has 0 aliphatic rings. The van der Waals surface area contributed by atoms with Gasteiger partial charge in [-0.25, -0.2) is 9.59 Å². The molecule has 0 unspecified atom stereocenters. The Morgan fingerprint density at radius 2 is 0.796 bits per heavy atom. The summed E-state index contributed by atoms with van der Waals surface area (Å²) in [4.78, 5) is 23.0. The predicted octanol–water partition coefficient (Wildman–Crippen LogP) is 10.4. The minimum absolute atomic E-state index is 0.308. The highest BCUT2D eigenvalue weighted by atomic mass is 28.5. The maximum absolute atomic E-state index is 11.6. The van der Waals surface area contributed by atoms with Gasteiger partial charge >= 0.3 is 29.3 Å². The molecule has 290 valence electrons. The van der Waals surface area contributed by atoms with Crippen molar-refractivity contribution in [1.29, 1.82) is 0 Å². The number of rotatable bonds is 23. The van der Waals surface area contributed by atoms with E-state index in [1.807, 2.05) is 0 Å². The van der Waals surface area contributed by atoms with Crippen molar-refractivity contribution < 1.29 is 39.6 Å². The van der Waals surface area contributed by atoms with Crippen LogP contribution in [0.3, 0.4) is 0 Å². The molecule has 0 heterocycles. The van der Waals surface area contributed by atoms with Gasteiger partial charge in [-0.3, -0.25) is 0 Å². The van der Waals surface area contributed by atoms with E-state index in [0.29, 0.717) is 36.8 Å². The van der Waals surface area contributed by atoms with Crippen molar-refractivity contribution >= 4 is 70.9 Å². The monoisotopic (exact) mass is 812 g/mol. The van der Waals surface area contributed by atoms with Crippen molar-refractivity contribution in [3.8, 4) is 0 Å². The third-order valence-electron chi connectivity index (χ3n) is 6.28. The Kier molecular flexibility index (Phi) is 22.2. The molecule has 0 aromatic carbocycles. The molecule has 0 N–H and O–H groups in total. The minimum Gasteiger partial charge on any atom is -0.462 e. The van der Waals surface area contributed by atoms with E-state index in [2.05, 4.69) is 118 Å². The molecule has 0 spiro atoms. The fourth-order valence-corrected chi connectivity index (χ4v) is 33.9. The number of carbonyl (C=O) groups excluding carboxylic acids is 2. The number of carbonyl (C=O) groups is 2. The summed E-state index contributed by atoms with van der Waals surface area (Å²) in [6, 6.07) is 2.84. The topological polar surface area (TPSA) is 98.8 Å². The minimum atomic E-state index is -2.83. The molecular weight excluding hydrogens is 737 g/mol. The zero-order valence-electron chi connectivity index (χ0n) is 35.0. The van der Waals surface area contributed by atoms with Gasteiger partial charge in [0.15, 0.2) is 41.6 Å². The molecule has 0 aromatic heterocycles. The molecule has 0 aliphatic heterocycles. The van der Waals surface area contributed by atoms with Crippen LogP contribution in [0, 0.1) is 0 Å². The van der Waals surface area contributed by atoms with Crippen LogP contribution < -0.4 is 0 Å². The lowest BCUT2D eigenvalue weighted by Crippen LogP contribution is -2.60. The molecule has 0 radical (unpaired) electrons. The van der Waals surface area contributed by atoms with Gasteiger partial charge in [0.1, 0.15) is 0 Å². The molecule has 0 aromatic rings. The SMILES string of the molecule is C=C(C)C(=O)OCCC[Si](C)(C)O[Si](C)(C)O[Si](C)(C)CCCC.C=C(C)C(=O)OCCC[Si](O[Si](C)(C)C)(O[Si](C)(C)C)O[Si](C)(C)C. The Morgan fingerprint density at radius 3 is 1.08 bits per heavy atom. The number of ether oxygens (including phenoxy) is 2. The summed E-state index contributed by atoms with van der Waals surface area (Å²) < 4.78 is 43.2. The fraction of sp³-hybridized carbons (Fsp3) is 0.818. The molecule has 0 saturated heterocycles. The smallest absolute Gasteiger partial charge is 0.462 e. The molecule has 49 heavy (non-hydrogen) atoms. The van der Waals surface area contributed by atoms with Crippen LogP contribution in [0.15, 0.2) is 24.3 Å². The van der Waals surface area contributed by atoms with E-state index in [1.165, 1.54) is 18.9 Å². The maximum Gasteiger partial charge on any atom is 0.469 e. The molecule has 0 aliphatic carbocycles. The van der Waals surface area contributed by atoms with Crippen molar-refractivity contribution in [2.75, 3.05) is 13.2 Å². The summed E-state index contributed by atoms with van der Waals surface area (Å²) in [6.45, 7) is 46.4. The first-order chi connectivity index (χ1) is 21.8. The lowest BCUT2D eigenvalue weighted by atomic mass is 10.4. The summed E-state index contributed by atoms with van der Waals surface area (Å²) in [5.41, 5.74) is 0.863. The van der Waals surface area contributed by atoms with Crippen molar-refractivity contribution in [3.63, 3.8) is 0 Å². The Morgan fingerprint density at radius 1 is 0.490 bits per heavy atom. The van der Waals surface area contributed by atoms with E-state index in [1.54, 1.807) is 13.8 Å². The van der Waals surface area contributed by atoms with Crippen molar-refractivity contribution in [3.05, 3.63) is 24.3 Å². The fourth-order valence-electron chi connectivity index (χ4n) is 5.03. The van der Waals surface area contributed by atoms with Crippen LogP contribution in [0.25, 0.3) is 0 Å². The summed E-state index contributed by atoms with van der Waals surface area (Å²) in [6.07, 6.45) is 3.95. The molecule has 0 bridgehead atoms. The van der Waals surface area contributed by atoms with Gasteiger partial charge in [-0.1, -0.05) is 32.9 Å². The van der Waals surface area contributed by atoms with Gasteiger partial charge in [0.2, 0.25) is 0 Å². The second kappa shape index (κ2) is 21.4. The van der Waals surface area contributed by atoms with Crippen LogP contribution in [0.4, 0.5) is 0 Å². The first-order valence-electron chi connectivity index (χ1n) is 17.9. The van der Waals surface area contributed by atoms with Gasteiger partial charge < -0.3 is 30.0 Å². The molecule has 9 nitrogen and oxygen atoms in total. The van der Waals surface area contributed by atoms with Gasteiger partial charge in [0.05, 0.1) is 13.2 Å². The Hall–Kier alpha value is -0.262. The van der Waals surface area contributed by atoms with Gasteiger partial charge in [-0.15, -0.1) is 0 Å². The van der Waals surface area contributed by atoms with Gasteiger partial charge in [0.25, 0.3) is 0 Å². The van der Waals surface area contributed by atoms with E-state index in [0.717, 1.165) is 12.5 Å². The molecule has 0 atom stereocenters. The second-order valence-electron chi connectivity index (χ2n) is 17.6. The lowest BCUT2D eigenvalue weighted by molar-refractivity contribution is -0.139. The molecule has 0 rings (SSSR count). The molecule has 0 fully saturated rings. The number of hydrogen-bond donors (Lipinski definition) is 0. The highest BCUT2D eigenvalue weighted by Gasteiger charge is 2.49. The highest BCUT2D eigenvalue weighted by Crippen LogP contribution is 2.30. The van der Waals surface area contributed by atoms with E-state index in [-0.39, 0.29) is 11.9 Å². The second-order valence-corrected chi connectivity index (χ2v) is 47.1. The number of hydrogen-bond acceptors (Lipinski definition) is 9. The van der Waals surface area contributed by atoms with Crippen LogP contribution in [0.5, 0.6) is 0 Å².